The number of pyridine rings is 1. The summed E-state index contributed by atoms with van der Waals surface area (Å²) in [4.78, 5) is 10.4. The van der Waals surface area contributed by atoms with E-state index in [1.807, 2.05) is 36.3 Å². The van der Waals surface area contributed by atoms with Crippen molar-refractivity contribution in [2.24, 2.45) is 0 Å². The molecular formula is C28H27FN6. The second kappa shape index (κ2) is 9.00. The molecule has 1 aliphatic heterocycles. The first-order valence-corrected chi connectivity index (χ1v) is 12.0. The maximum absolute atomic E-state index is 13.6. The Kier molecular flexibility index (Phi) is 5.54. The molecule has 1 aliphatic rings. The van der Waals surface area contributed by atoms with Crippen LogP contribution < -0.4 is 10.2 Å². The zero-order valence-corrected chi connectivity index (χ0v) is 19.6. The first-order chi connectivity index (χ1) is 17.2. The van der Waals surface area contributed by atoms with Gasteiger partial charge in [0, 0.05) is 72.0 Å². The fraction of sp³-hybridized carbons (Fsp3) is 0.214. The molecule has 0 amide bonds. The number of benzene rings is 2. The molecule has 0 radical (unpaired) electrons. The highest BCUT2D eigenvalue weighted by Crippen LogP contribution is 2.33. The van der Waals surface area contributed by atoms with Crippen LogP contribution in [0.1, 0.15) is 11.3 Å². The van der Waals surface area contributed by atoms with Crippen LogP contribution in [0.2, 0.25) is 0 Å². The van der Waals surface area contributed by atoms with E-state index >= 15 is 0 Å². The van der Waals surface area contributed by atoms with Crippen LogP contribution in [0, 0.1) is 12.7 Å². The smallest absolute Gasteiger partial charge is 0.137 e. The molecule has 1 fully saturated rings. The summed E-state index contributed by atoms with van der Waals surface area (Å²) in [6, 6.07) is 17.6. The Bertz CT molecular complexity index is 1480. The minimum atomic E-state index is -0.233. The predicted molar refractivity (Wildman–Crippen MR) is 138 cm³/mol. The Morgan fingerprint density at radius 1 is 0.943 bits per heavy atom. The van der Waals surface area contributed by atoms with E-state index in [9.17, 15) is 4.39 Å². The van der Waals surface area contributed by atoms with Crippen molar-refractivity contribution in [2.75, 3.05) is 31.1 Å². The van der Waals surface area contributed by atoms with Crippen molar-refractivity contribution in [3.05, 3.63) is 90.3 Å². The van der Waals surface area contributed by atoms with Gasteiger partial charge in [-0.05, 0) is 48.4 Å². The first kappa shape index (κ1) is 21.6. The molecule has 1 saturated heterocycles. The topological polar surface area (TPSA) is 61.8 Å². The molecular weight excluding hydrogens is 439 g/mol. The fourth-order valence-corrected chi connectivity index (χ4v) is 4.85. The van der Waals surface area contributed by atoms with Gasteiger partial charge in [-0.25, -0.2) is 9.37 Å². The van der Waals surface area contributed by atoms with Crippen LogP contribution in [-0.4, -0.2) is 45.9 Å². The zero-order chi connectivity index (χ0) is 23.8. The number of nitrogens with zero attached hydrogens (tertiary/aromatic N) is 4. The van der Waals surface area contributed by atoms with E-state index in [0.717, 1.165) is 70.7 Å². The van der Waals surface area contributed by atoms with E-state index in [4.69, 9.17) is 0 Å². The normalized spacial score (nSPS) is 14.1. The van der Waals surface area contributed by atoms with Crippen molar-refractivity contribution < 1.29 is 4.39 Å². The van der Waals surface area contributed by atoms with Gasteiger partial charge in [0.05, 0.1) is 12.7 Å². The average molecular weight is 467 g/mol. The summed E-state index contributed by atoms with van der Waals surface area (Å²) < 4.78 is 15.5. The lowest BCUT2D eigenvalue weighted by Gasteiger charge is -2.29. The molecule has 0 unspecified atom stereocenters. The molecule has 176 valence electrons. The minimum Gasteiger partial charge on any atom is -0.369 e. The lowest BCUT2D eigenvalue weighted by molar-refractivity contribution is 0.589. The van der Waals surface area contributed by atoms with Crippen LogP contribution in [0.5, 0.6) is 0 Å². The van der Waals surface area contributed by atoms with Gasteiger partial charge in [0.1, 0.15) is 11.5 Å². The zero-order valence-electron chi connectivity index (χ0n) is 19.6. The lowest BCUT2D eigenvalue weighted by Crippen LogP contribution is -2.43. The first-order valence-electron chi connectivity index (χ1n) is 12.0. The van der Waals surface area contributed by atoms with Gasteiger partial charge in [0.2, 0.25) is 0 Å². The summed E-state index contributed by atoms with van der Waals surface area (Å²) in [6.45, 7) is 6.69. The molecule has 0 bridgehead atoms. The average Bonchev–Trinajstić information content (AvgIpc) is 3.47. The number of aromatic nitrogens is 4. The van der Waals surface area contributed by atoms with Crippen LogP contribution in [-0.2, 0) is 6.54 Å². The van der Waals surface area contributed by atoms with Gasteiger partial charge in [-0.1, -0.05) is 24.3 Å². The van der Waals surface area contributed by atoms with E-state index in [0.29, 0.717) is 6.54 Å². The maximum atomic E-state index is 13.6. The lowest BCUT2D eigenvalue weighted by atomic mass is 10.0. The molecule has 6 nitrogen and oxygen atoms in total. The molecule has 0 atom stereocenters. The van der Waals surface area contributed by atoms with Crippen molar-refractivity contribution in [1.29, 1.82) is 0 Å². The number of hydrogen-bond donors (Lipinski definition) is 2. The molecule has 4 heterocycles. The molecule has 2 N–H and O–H groups in total. The molecule has 6 rings (SSSR count). The van der Waals surface area contributed by atoms with Gasteiger partial charge >= 0.3 is 0 Å². The Morgan fingerprint density at radius 2 is 1.77 bits per heavy atom. The third kappa shape index (κ3) is 4.19. The highest BCUT2D eigenvalue weighted by atomic mass is 19.1. The number of halogens is 1. The van der Waals surface area contributed by atoms with E-state index in [2.05, 4.69) is 55.6 Å². The predicted octanol–water partition coefficient (Wildman–Crippen LogP) is 5.00. The van der Waals surface area contributed by atoms with Gasteiger partial charge in [0.25, 0.3) is 0 Å². The Balaban J connectivity index is 1.30. The van der Waals surface area contributed by atoms with Gasteiger partial charge < -0.3 is 15.2 Å². The summed E-state index contributed by atoms with van der Waals surface area (Å²) in [5.41, 5.74) is 8.34. The quantitative estimate of drug-likeness (QED) is 0.383. The van der Waals surface area contributed by atoms with Crippen LogP contribution in [0.3, 0.4) is 0 Å². The van der Waals surface area contributed by atoms with Gasteiger partial charge in [-0.15, -0.1) is 0 Å². The number of anilines is 1. The summed E-state index contributed by atoms with van der Waals surface area (Å²) in [5.74, 6) is -0.233. The number of rotatable bonds is 5. The number of aromatic amines is 1. The monoisotopic (exact) mass is 466 g/mol. The molecule has 7 heteroatoms. The highest BCUT2D eigenvalue weighted by Gasteiger charge is 2.15. The fourth-order valence-electron chi connectivity index (χ4n) is 4.85. The van der Waals surface area contributed by atoms with Crippen molar-refractivity contribution in [2.45, 2.75) is 13.5 Å². The minimum absolute atomic E-state index is 0.233. The molecule has 3 aromatic heterocycles. The molecule has 0 aliphatic carbocycles. The van der Waals surface area contributed by atoms with Gasteiger partial charge in [-0.2, -0.15) is 5.10 Å². The Hall–Kier alpha value is -3.97. The number of nitrogens with one attached hydrogen (secondary N) is 2. The van der Waals surface area contributed by atoms with Crippen LogP contribution in [0.25, 0.3) is 33.3 Å². The van der Waals surface area contributed by atoms with Crippen molar-refractivity contribution >= 4 is 16.7 Å². The molecule has 0 spiro atoms. The van der Waals surface area contributed by atoms with Crippen LogP contribution in [0.15, 0.2) is 73.2 Å². The number of hydrogen-bond acceptors (Lipinski definition) is 4. The summed E-state index contributed by atoms with van der Waals surface area (Å²) in [7, 11) is 0. The van der Waals surface area contributed by atoms with Gasteiger partial charge in [-0.3, -0.25) is 4.68 Å². The van der Waals surface area contributed by atoms with E-state index < -0.39 is 0 Å². The van der Waals surface area contributed by atoms with Gasteiger partial charge in [0.15, 0.2) is 0 Å². The summed E-state index contributed by atoms with van der Waals surface area (Å²) in [6.07, 6.45) is 5.79. The number of fused-ring (bicyclic) bond motifs is 1. The molecule has 0 saturated carbocycles. The molecule has 35 heavy (non-hydrogen) atoms. The Morgan fingerprint density at radius 3 is 2.57 bits per heavy atom. The highest BCUT2D eigenvalue weighted by molar-refractivity contribution is 5.96. The number of H-pyrrole nitrogens is 1. The van der Waals surface area contributed by atoms with Crippen molar-refractivity contribution in [3.63, 3.8) is 0 Å². The third-order valence-corrected chi connectivity index (χ3v) is 6.83. The molecule has 2 aromatic carbocycles. The second-order valence-corrected chi connectivity index (χ2v) is 9.04. The second-order valence-electron chi connectivity index (χ2n) is 9.04. The van der Waals surface area contributed by atoms with E-state index in [1.54, 1.807) is 12.1 Å². The summed E-state index contributed by atoms with van der Waals surface area (Å²) >= 11 is 0. The Labute approximate surface area is 203 Å². The van der Waals surface area contributed by atoms with Crippen LogP contribution >= 0.6 is 0 Å². The van der Waals surface area contributed by atoms with Crippen molar-refractivity contribution in [1.82, 2.24) is 25.1 Å². The molecule has 5 aromatic rings. The summed E-state index contributed by atoms with van der Waals surface area (Å²) in [5, 5.41) is 9.05. The maximum Gasteiger partial charge on any atom is 0.137 e. The SMILES string of the molecule is Cc1c(-c2c[nH]c3ncc(-c4ccc(N5CCNCC5)cc4)cc23)cnn1Cc1cccc(F)c1. The van der Waals surface area contributed by atoms with Crippen molar-refractivity contribution in [3.8, 4) is 22.3 Å². The van der Waals surface area contributed by atoms with E-state index in [-0.39, 0.29) is 5.82 Å². The standard InChI is InChI=1S/C28H27FN6/c1-19-26(17-33-35(19)18-20-3-2-4-23(29)13-20)27-16-32-28-25(27)14-22(15-31-28)21-5-7-24(8-6-21)34-11-9-30-10-12-34/h2-8,13-17,30H,9-12,18H2,1H3,(H,31,32). The number of piperazine rings is 1. The third-order valence-electron chi connectivity index (χ3n) is 6.83. The van der Waals surface area contributed by atoms with E-state index in [1.165, 1.54) is 11.8 Å². The largest absolute Gasteiger partial charge is 0.369 e. The van der Waals surface area contributed by atoms with Crippen LogP contribution in [0.4, 0.5) is 10.1 Å².